The fourth-order valence-corrected chi connectivity index (χ4v) is 3.67. The molecule has 2 rings (SSSR count). The normalized spacial score (nSPS) is 12.6. The van der Waals surface area contributed by atoms with Crippen LogP contribution in [-0.2, 0) is 6.42 Å². The van der Waals surface area contributed by atoms with Gasteiger partial charge in [0.25, 0.3) is 0 Å². The number of rotatable bonds is 5. The van der Waals surface area contributed by atoms with Crippen molar-refractivity contribution in [1.29, 1.82) is 0 Å². The van der Waals surface area contributed by atoms with E-state index in [0.717, 1.165) is 18.0 Å². The van der Waals surface area contributed by atoms with Crippen molar-refractivity contribution < 1.29 is 0 Å². The van der Waals surface area contributed by atoms with Crippen molar-refractivity contribution in [3.63, 3.8) is 0 Å². The number of benzene rings is 1. The van der Waals surface area contributed by atoms with Crippen LogP contribution in [0.2, 0.25) is 5.02 Å². The highest BCUT2D eigenvalue weighted by atomic mass is 79.9. The summed E-state index contributed by atoms with van der Waals surface area (Å²) in [6.45, 7) is 3.16. The van der Waals surface area contributed by atoms with E-state index in [0.29, 0.717) is 6.04 Å². The summed E-state index contributed by atoms with van der Waals surface area (Å²) in [6.07, 6.45) is 1.02. The number of halogens is 2. The first-order valence-corrected chi connectivity index (χ1v) is 7.92. The molecule has 0 bridgehead atoms. The molecule has 0 amide bonds. The maximum absolute atomic E-state index is 5.86. The van der Waals surface area contributed by atoms with Crippen LogP contribution in [-0.4, -0.2) is 6.54 Å². The lowest BCUT2D eigenvalue weighted by Crippen LogP contribution is -2.20. The Morgan fingerprint density at radius 3 is 2.61 bits per heavy atom. The molecule has 18 heavy (non-hydrogen) atoms. The average Bonchev–Trinajstić information content (AvgIpc) is 2.78. The van der Waals surface area contributed by atoms with E-state index in [4.69, 9.17) is 11.6 Å². The Morgan fingerprint density at radius 1 is 1.28 bits per heavy atom. The van der Waals surface area contributed by atoms with E-state index in [1.165, 1.54) is 14.9 Å². The molecule has 0 aliphatic heterocycles. The SMILES string of the molecule is CC(NCCc1ccc(Cl)cc1)c1sccc1Br. The molecule has 4 heteroatoms. The van der Waals surface area contributed by atoms with Gasteiger partial charge in [0.05, 0.1) is 0 Å². The van der Waals surface area contributed by atoms with Gasteiger partial charge in [0.2, 0.25) is 0 Å². The third kappa shape index (κ3) is 3.82. The van der Waals surface area contributed by atoms with Crippen molar-refractivity contribution in [3.8, 4) is 0 Å². The Morgan fingerprint density at radius 2 is 2.00 bits per heavy atom. The summed E-state index contributed by atoms with van der Waals surface area (Å²) in [5.41, 5.74) is 1.31. The molecular weight excluding hydrogens is 330 g/mol. The van der Waals surface area contributed by atoms with E-state index in [9.17, 15) is 0 Å². The maximum Gasteiger partial charge on any atom is 0.0406 e. The van der Waals surface area contributed by atoms with Crippen LogP contribution in [0.5, 0.6) is 0 Å². The van der Waals surface area contributed by atoms with Crippen molar-refractivity contribution in [1.82, 2.24) is 5.32 Å². The predicted molar refractivity (Wildman–Crippen MR) is 83.6 cm³/mol. The molecule has 0 saturated carbocycles. The third-order valence-corrected chi connectivity index (χ3v) is 5.12. The Kier molecular flexibility index (Phi) is 5.25. The molecule has 1 unspecified atom stereocenters. The first-order valence-electron chi connectivity index (χ1n) is 5.87. The van der Waals surface area contributed by atoms with Crippen molar-refractivity contribution in [2.75, 3.05) is 6.54 Å². The molecule has 0 aliphatic rings. The highest BCUT2D eigenvalue weighted by Gasteiger charge is 2.09. The summed E-state index contributed by atoms with van der Waals surface area (Å²) in [5.74, 6) is 0. The van der Waals surface area contributed by atoms with Gasteiger partial charge in [-0.15, -0.1) is 11.3 Å². The molecule has 0 aliphatic carbocycles. The van der Waals surface area contributed by atoms with Crippen LogP contribution in [0.1, 0.15) is 23.4 Å². The molecule has 1 nitrogen and oxygen atoms in total. The van der Waals surface area contributed by atoms with Crippen LogP contribution in [0.3, 0.4) is 0 Å². The molecule has 0 saturated heterocycles. The molecule has 1 N–H and O–H groups in total. The zero-order valence-electron chi connectivity index (χ0n) is 10.1. The minimum atomic E-state index is 0.381. The van der Waals surface area contributed by atoms with Crippen LogP contribution in [0, 0.1) is 0 Å². The van der Waals surface area contributed by atoms with Crippen LogP contribution < -0.4 is 5.32 Å². The first-order chi connectivity index (χ1) is 8.66. The molecule has 0 spiro atoms. The van der Waals surface area contributed by atoms with Gasteiger partial charge in [-0.1, -0.05) is 23.7 Å². The fraction of sp³-hybridized carbons (Fsp3) is 0.286. The van der Waals surface area contributed by atoms with E-state index in [-0.39, 0.29) is 0 Å². The Bertz CT molecular complexity index is 495. The van der Waals surface area contributed by atoms with E-state index in [1.807, 2.05) is 12.1 Å². The number of nitrogens with one attached hydrogen (secondary N) is 1. The first kappa shape index (κ1) is 14.1. The lowest BCUT2D eigenvalue weighted by atomic mass is 10.1. The molecule has 2 aromatic rings. The molecule has 0 radical (unpaired) electrons. The van der Waals surface area contributed by atoms with Crippen molar-refractivity contribution in [2.24, 2.45) is 0 Å². The summed E-state index contributed by atoms with van der Waals surface area (Å²) in [6, 6.07) is 10.5. The Hall–Kier alpha value is -0.350. The van der Waals surface area contributed by atoms with Gasteiger partial charge in [-0.05, 0) is 65.0 Å². The third-order valence-electron chi connectivity index (χ3n) is 2.82. The largest absolute Gasteiger partial charge is 0.309 e. The second-order valence-electron chi connectivity index (χ2n) is 4.19. The highest BCUT2D eigenvalue weighted by molar-refractivity contribution is 9.10. The summed E-state index contributed by atoms with van der Waals surface area (Å²) in [7, 11) is 0. The average molecular weight is 345 g/mol. The van der Waals surface area contributed by atoms with Crippen LogP contribution >= 0.6 is 38.9 Å². The molecule has 1 atom stereocenters. The van der Waals surface area contributed by atoms with Gasteiger partial charge in [0.15, 0.2) is 0 Å². The number of thiophene rings is 1. The quantitative estimate of drug-likeness (QED) is 0.799. The lowest BCUT2D eigenvalue weighted by Gasteiger charge is -2.13. The molecule has 96 valence electrons. The second kappa shape index (κ2) is 6.71. The standard InChI is InChI=1S/C14H15BrClNS/c1-10(14-13(15)7-9-18-14)17-8-6-11-2-4-12(16)5-3-11/h2-5,7,9-10,17H,6,8H2,1H3. The Labute approximate surface area is 125 Å². The smallest absolute Gasteiger partial charge is 0.0406 e. The monoisotopic (exact) mass is 343 g/mol. The Balaban J connectivity index is 1.82. The van der Waals surface area contributed by atoms with E-state index in [2.05, 4.69) is 51.7 Å². The van der Waals surface area contributed by atoms with E-state index in [1.54, 1.807) is 11.3 Å². The zero-order chi connectivity index (χ0) is 13.0. The van der Waals surface area contributed by atoms with Gasteiger partial charge in [-0.2, -0.15) is 0 Å². The van der Waals surface area contributed by atoms with Crippen molar-refractivity contribution in [3.05, 3.63) is 55.6 Å². The molecule has 1 aromatic heterocycles. The summed E-state index contributed by atoms with van der Waals surface area (Å²) >= 11 is 11.2. The number of hydrogen-bond acceptors (Lipinski definition) is 2. The van der Waals surface area contributed by atoms with Crippen molar-refractivity contribution in [2.45, 2.75) is 19.4 Å². The van der Waals surface area contributed by atoms with Gasteiger partial charge >= 0.3 is 0 Å². The summed E-state index contributed by atoms with van der Waals surface area (Å²) in [5, 5.41) is 6.44. The minimum Gasteiger partial charge on any atom is -0.309 e. The molecule has 1 aromatic carbocycles. The zero-order valence-corrected chi connectivity index (χ0v) is 13.3. The predicted octanol–water partition coefficient (Wildman–Crippen LogP) is 5.06. The number of hydrogen-bond donors (Lipinski definition) is 1. The lowest BCUT2D eigenvalue weighted by molar-refractivity contribution is 0.583. The summed E-state index contributed by atoms with van der Waals surface area (Å²) in [4.78, 5) is 1.35. The van der Waals surface area contributed by atoms with Gasteiger partial charge in [-0.25, -0.2) is 0 Å². The van der Waals surface area contributed by atoms with Crippen LogP contribution in [0.25, 0.3) is 0 Å². The summed E-state index contributed by atoms with van der Waals surface area (Å²) < 4.78 is 1.19. The minimum absolute atomic E-state index is 0.381. The van der Waals surface area contributed by atoms with Gasteiger partial charge in [0.1, 0.15) is 0 Å². The van der Waals surface area contributed by atoms with E-state index >= 15 is 0 Å². The van der Waals surface area contributed by atoms with Crippen LogP contribution in [0.15, 0.2) is 40.2 Å². The van der Waals surface area contributed by atoms with Crippen LogP contribution in [0.4, 0.5) is 0 Å². The van der Waals surface area contributed by atoms with Gasteiger partial charge in [0, 0.05) is 20.4 Å². The highest BCUT2D eigenvalue weighted by Crippen LogP contribution is 2.28. The maximum atomic E-state index is 5.86. The molecular formula is C14H15BrClNS. The van der Waals surface area contributed by atoms with E-state index < -0.39 is 0 Å². The fourth-order valence-electron chi connectivity index (χ4n) is 1.79. The second-order valence-corrected chi connectivity index (χ2v) is 6.42. The topological polar surface area (TPSA) is 12.0 Å². The van der Waals surface area contributed by atoms with Gasteiger partial charge < -0.3 is 5.32 Å². The van der Waals surface area contributed by atoms with Crippen molar-refractivity contribution >= 4 is 38.9 Å². The molecule has 1 heterocycles. The van der Waals surface area contributed by atoms with Gasteiger partial charge in [-0.3, -0.25) is 0 Å². The molecule has 0 fully saturated rings.